The van der Waals surface area contributed by atoms with Crippen LogP contribution in [0.3, 0.4) is 0 Å². The summed E-state index contributed by atoms with van der Waals surface area (Å²) < 4.78 is 25.5. The van der Waals surface area contributed by atoms with Crippen molar-refractivity contribution in [2.75, 3.05) is 79.6 Å². The van der Waals surface area contributed by atoms with Crippen molar-refractivity contribution in [1.29, 1.82) is 0 Å². The van der Waals surface area contributed by atoms with Gasteiger partial charge in [0.2, 0.25) is 0 Å². The number of ether oxygens (including phenoxy) is 5. The molecule has 0 atom stereocenters. The molecule has 0 saturated carbocycles. The minimum atomic E-state index is -0.338. The Morgan fingerprint density at radius 2 is 1.75 bits per heavy atom. The van der Waals surface area contributed by atoms with E-state index in [4.69, 9.17) is 23.7 Å². The molecule has 0 aromatic rings. The number of hydrogen-bond acceptors (Lipinski definition) is 7. The predicted molar refractivity (Wildman–Crippen MR) is 71.7 cm³/mol. The Hall–Kier alpha value is -0.730. The molecule has 0 N–H and O–H groups in total. The van der Waals surface area contributed by atoms with Crippen LogP contribution in [0.15, 0.2) is 0 Å². The zero-order valence-corrected chi connectivity index (χ0v) is 12.2. The molecular weight excluding hydrogens is 266 g/mol. The number of esters is 1. The summed E-state index contributed by atoms with van der Waals surface area (Å²) in [4.78, 5) is 13.6. The quantitative estimate of drug-likeness (QED) is 0.377. The van der Waals surface area contributed by atoms with E-state index in [2.05, 4.69) is 4.90 Å². The van der Waals surface area contributed by atoms with Gasteiger partial charge < -0.3 is 23.7 Å². The Morgan fingerprint density at radius 1 is 1.05 bits per heavy atom. The molecule has 1 heterocycles. The largest absolute Gasteiger partial charge is 0.463 e. The second kappa shape index (κ2) is 12.0. The maximum Gasteiger partial charge on any atom is 0.332 e. The van der Waals surface area contributed by atoms with Crippen molar-refractivity contribution >= 4 is 5.97 Å². The number of carbonyl (C=O) groups is 1. The third-order valence-electron chi connectivity index (χ3n) is 2.80. The third kappa shape index (κ3) is 9.22. The molecule has 0 aromatic carbocycles. The van der Waals surface area contributed by atoms with Crippen LogP contribution in [0, 0.1) is 0 Å². The topological polar surface area (TPSA) is 66.5 Å². The maximum absolute atomic E-state index is 11.4. The standard InChI is InChI=1S/C13H25NO6/c1-16-8-9-18-10-11-19-12-13(15)20-7-4-14-2-5-17-6-3-14/h2-12H2,1H3. The highest BCUT2D eigenvalue weighted by atomic mass is 16.6. The van der Waals surface area contributed by atoms with E-state index in [-0.39, 0.29) is 12.6 Å². The number of morpholine rings is 1. The highest BCUT2D eigenvalue weighted by Gasteiger charge is 2.10. The summed E-state index contributed by atoms with van der Waals surface area (Å²) in [5.41, 5.74) is 0. The van der Waals surface area contributed by atoms with Gasteiger partial charge >= 0.3 is 5.97 Å². The Morgan fingerprint density at radius 3 is 2.50 bits per heavy atom. The second-order valence-electron chi connectivity index (χ2n) is 4.33. The predicted octanol–water partition coefficient (Wildman–Crippen LogP) is -0.459. The molecule has 0 unspecified atom stereocenters. The first-order chi connectivity index (χ1) is 9.83. The SMILES string of the molecule is COCCOCCOCC(=O)OCCN1CCOCC1. The van der Waals surface area contributed by atoms with E-state index in [1.54, 1.807) is 7.11 Å². The lowest BCUT2D eigenvalue weighted by molar-refractivity contribution is -0.150. The molecule has 0 radical (unpaired) electrons. The Balaban J connectivity index is 1.85. The smallest absolute Gasteiger partial charge is 0.332 e. The van der Waals surface area contributed by atoms with Crippen LogP contribution in [-0.2, 0) is 28.5 Å². The van der Waals surface area contributed by atoms with Crippen LogP contribution >= 0.6 is 0 Å². The molecule has 1 fully saturated rings. The normalized spacial score (nSPS) is 16.2. The van der Waals surface area contributed by atoms with Crippen LogP contribution in [0.4, 0.5) is 0 Å². The molecule has 0 amide bonds. The second-order valence-corrected chi connectivity index (χ2v) is 4.33. The van der Waals surface area contributed by atoms with Crippen molar-refractivity contribution in [1.82, 2.24) is 4.90 Å². The first-order valence-electron chi connectivity index (χ1n) is 6.93. The molecule has 1 saturated heterocycles. The van der Waals surface area contributed by atoms with E-state index >= 15 is 0 Å². The van der Waals surface area contributed by atoms with Crippen LogP contribution in [0.1, 0.15) is 0 Å². The Bertz CT molecular complexity index is 245. The summed E-state index contributed by atoms with van der Waals surface area (Å²) in [5, 5.41) is 0. The summed E-state index contributed by atoms with van der Waals surface area (Å²) in [6, 6.07) is 0. The molecule has 7 heteroatoms. The van der Waals surface area contributed by atoms with Gasteiger partial charge in [-0.15, -0.1) is 0 Å². The van der Waals surface area contributed by atoms with Gasteiger partial charge in [-0.3, -0.25) is 4.90 Å². The lowest BCUT2D eigenvalue weighted by Crippen LogP contribution is -2.38. The average Bonchev–Trinajstić information content (AvgIpc) is 2.47. The lowest BCUT2D eigenvalue weighted by Gasteiger charge is -2.26. The average molecular weight is 291 g/mol. The van der Waals surface area contributed by atoms with Gasteiger partial charge in [0.1, 0.15) is 13.2 Å². The third-order valence-corrected chi connectivity index (χ3v) is 2.80. The van der Waals surface area contributed by atoms with Gasteiger partial charge in [-0.1, -0.05) is 0 Å². The fraction of sp³-hybridized carbons (Fsp3) is 0.923. The minimum absolute atomic E-state index is 0.0310. The van der Waals surface area contributed by atoms with E-state index in [1.165, 1.54) is 0 Å². The van der Waals surface area contributed by atoms with E-state index in [0.29, 0.717) is 33.0 Å². The fourth-order valence-electron chi connectivity index (χ4n) is 1.67. The molecular formula is C13H25NO6. The zero-order chi connectivity index (χ0) is 14.5. The van der Waals surface area contributed by atoms with Crippen LogP contribution in [0.5, 0.6) is 0 Å². The molecule has 1 aliphatic heterocycles. The number of hydrogen-bond donors (Lipinski definition) is 0. The van der Waals surface area contributed by atoms with Crippen molar-refractivity contribution < 1.29 is 28.5 Å². The molecule has 7 nitrogen and oxygen atoms in total. The van der Waals surface area contributed by atoms with Crippen LogP contribution in [-0.4, -0.2) is 90.5 Å². The van der Waals surface area contributed by atoms with Crippen LogP contribution in [0.25, 0.3) is 0 Å². The summed E-state index contributed by atoms with van der Waals surface area (Å²) >= 11 is 0. The molecule has 0 aromatic heterocycles. The zero-order valence-electron chi connectivity index (χ0n) is 12.2. The highest BCUT2D eigenvalue weighted by Crippen LogP contribution is 1.96. The van der Waals surface area contributed by atoms with E-state index in [1.807, 2.05) is 0 Å². The number of rotatable bonds is 11. The summed E-state index contributed by atoms with van der Waals surface area (Å²) in [6.07, 6.45) is 0. The van der Waals surface area contributed by atoms with Gasteiger partial charge in [0.25, 0.3) is 0 Å². The Kier molecular flexibility index (Phi) is 10.4. The molecule has 1 rings (SSSR count). The molecule has 20 heavy (non-hydrogen) atoms. The van der Waals surface area contributed by atoms with Gasteiger partial charge in [-0.25, -0.2) is 4.79 Å². The molecule has 0 spiro atoms. The van der Waals surface area contributed by atoms with Crippen LogP contribution < -0.4 is 0 Å². The van der Waals surface area contributed by atoms with Crippen molar-refractivity contribution in [3.8, 4) is 0 Å². The number of carbonyl (C=O) groups excluding carboxylic acids is 1. The van der Waals surface area contributed by atoms with Gasteiger partial charge in [-0.2, -0.15) is 0 Å². The van der Waals surface area contributed by atoms with Crippen molar-refractivity contribution in [2.45, 2.75) is 0 Å². The molecule has 0 aliphatic carbocycles. The van der Waals surface area contributed by atoms with E-state index in [0.717, 1.165) is 32.8 Å². The van der Waals surface area contributed by atoms with E-state index < -0.39 is 0 Å². The summed E-state index contributed by atoms with van der Waals surface area (Å²) in [5.74, 6) is -0.338. The summed E-state index contributed by atoms with van der Waals surface area (Å²) in [7, 11) is 1.62. The van der Waals surface area contributed by atoms with Crippen molar-refractivity contribution in [3.63, 3.8) is 0 Å². The van der Waals surface area contributed by atoms with Crippen molar-refractivity contribution in [3.05, 3.63) is 0 Å². The van der Waals surface area contributed by atoms with E-state index in [9.17, 15) is 4.79 Å². The first-order valence-corrected chi connectivity index (χ1v) is 6.93. The monoisotopic (exact) mass is 291 g/mol. The van der Waals surface area contributed by atoms with Crippen LogP contribution in [0.2, 0.25) is 0 Å². The van der Waals surface area contributed by atoms with Gasteiger partial charge in [0.15, 0.2) is 0 Å². The Labute approximate surface area is 120 Å². The first kappa shape index (κ1) is 17.3. The van der Waals surface area contributed by atoms with Gasteiger partial charge in [-0.05, 0) is 0 Å². The maximum atomic E-state index is 11.4. The minimum Gasteiger partial charge on any atom is -0.463 e. The highest BCUT2D eigenvalue weighted by molar-refractivity contribution is 5.70. The fourth-order valence-corrected chi connectivity index (χ4v) is 1.67. The molecule has 0 bridgehead atoms. The number of nitrogens with zero attached hydrogens (tertiary/aromatic N) is 1. The number of methoxy groups -OCH3 is 1. The van der Waals surface area contributed by atoms with Gasteiger partial charge in [0, 0.05) is 26.7 Å². The lowest BCUT2D eigenvalue weighted by atomic mass is 10.4. The molecule has 1 aliphatic rings. The summed E-state index contributed by atoms with van der Waals surface area (Å²) in [6.45, 7) is 6.32. The molecule has 118 valence electrons. The van der Waals surface area contributed by atoms with Crippen molar-refractivity contribution in [2.24, 2.45) is 0 Å². The van der Waals surface area contributed by atoms with Gasteiger partial charge in [0.05, 0.1) is 39.6 Å².